The third-order valence-corrected chi connectivity index (χ3v) is 5.55. The largest absolute Gasteiger partial charge is 0.385 e. The van der Waals surface area contributed by atoms with Crippen LogP contribution in [0, 0.1) is 11.3 Å². The first-order valence-corrected chi connectivity index (χ1v) is 7.38. The molecule has 3 nitrogen and oxygen atoms in total. The summed E-state index contributed by atoms with van der Waals surface area (Å²) in [5.41, 5.74) is 0.505. The molecule has 2 unspecified atom stereocenters. The van der Waals surface area contributed by atoms with E-state index in [2.05, 4.69) is 4.98 Å². The summed E-state index contributed by atoms with van der Waals surface area (Å²) in [5.74, 6) is 0. The Morgan fingerprint density at radius 1 is 1.39 bits per heavy atom. The molecule has 0 aliphatic carbocycles. The lowest BCUT2D eigenvalue weighted by Gasteiger charge is -2.44. The minimum atomic E-state index is -0.754. The normalized spacial score (nSPS) is 34.9. The number of fused-ring (bicyclic) bond motifs is 2. The molecule has 3 heterocycles. The summed E-state index contributed by atoms with van der Waals surface area (Å²) in [7, 11) is 0. The number of rotatable bonds is 1. The highest BCUT2D eigenvalue weighted by atomic mass is 32.2. The fourth-order valence-electron chi connectivity index (χ4n) is 3.14. The third kappa shape index (κ3) is 2.13. The summed E-state index contributed by atoms with van der Waals surface area (Å²) in [6, 6.07) is 5.64. The first-order chi connectivity index (χ1) is 8.69. The molecule has 2 saturated heterocycles. The minimum absolute atomic E-state index is 0.393. The Bertz CT molecular complexity index is 485. The molecule has 3 rings (SSSR count). The molecular weight excluding hydrogens is 244 g/mol. The molecule has 1 N–H and O–H groups in total. The Kier molecular flexibility index (Phi) is 3.04. The molecule has 0 aromatic carbocycles. The Morgan fingerprint density at radius 3 is 2.78 bits per heavy atom. The maximum absolute atomic E-state index is 10.9. The van der Waals surface area contributed by atoms with Gasteiger partial charge in [0.15, 0.2) is 0 Å². The van der Waals surface area contributed by atoms with Crippen molar-refractivity contribution in [2.45, 2.75) is 48.2 Å². The molecule has 4 heteroatoms. The number of nitrogens with zero attached hydrogens (tertiary/aromatic N) is 2. The van der Waals surface area contributed by atoms with Crippen LogP contribution in [0.4, 0.5) is 0 Å². The lowest BCUT2D eigenvalue weighted by atomic mass is 9.80. The molecule has 2 bridgehead atoms. The zero-order chi connectivity index (χ0) is 12.6. The molecule has 1 aromatic rings. The van der Waals surface area contributed by atoms with Gasteiger partial charge in [-0.15, -0.1) is 0 Å². The number of thioether (sulfide) groups is 1. The summed E-state index contributed by atoms with van der Waals surface area (Å²) in [6.07, 6.45) is 6.95. The molecule has 1 aromatic heterocycles. The van der Waals surface area contributed by atoms with Crippen molar-refractivity contribution >= 4 is 11.8 Å². The highest BCUT2D eigenvalue weighted by molar-refractivity contribution is 8.00. The van der Waals surface area contributed by atoms with E-state index < -0.39 is 5.60 Å². The summed E-state index contributed by atoms with van der Waals surface area (Å²) < 4.78 is 0. The van der Waals surface area contributed by atoms with E-state index in [-0.39, 0.29) is 0 Å². The highest BCUT2D eigenvalue weighted by Crippen LogP contribution is 2.49. The molecule has 0 saturated carbocycles. The van der Waals surface area contributed by atoms with Crippen molar-refractivity contribution in [3.63, 3.8) is 0 Å². The molecule has 2 aliphatic heterocycles. The molecule has 94 valence electrons. The predicted octanol–water partition coefficient (Wildman–Crippen LogP) is 2.59. The van der Waals surface area contributed by atoms with E-state index in [9.17, 15) is 5.11 Å². The molecular formula is C14H16N2OS. The Morgan fingerprint density at radius 2 is 2.11 bits per heavy atom. The van der Waals surface area contributed by atoms with E-state index in [1.807, 2.05) is 23.9 Å². The molecule has 2 fully saturated rings. The van der Waals surface area contributed by atoms with Gasteiger partial charge in [0.25, 0.3) is 0 Å². The molecule has 2 aliphatic rings. The third-order valence-electron chi connectivity index (χ3n) is 3.98. The molecule has 0 radical (unpaired) electrons. The summed E-state index contributed by atoms with van der Waals surface area (Å²) in [4.78, 5) is 3.98. The number of hydrogen-bond donors (Lipinski definition) is 1. The Balaban J connectivity index is 1.92. The molecule has 0 spiro atoms. The first-order valence-electron chi connectivity index (χ1n) is 6.44. The van der Waals surface area contributed by atoms with Crippen LogP contribution in [0.1, 0.15) is 43.4 Å². The van der Waals surface area contributed by atoms with E-state index in [0.29, 0.717) is 16.2 Å². The van der Waals surface area contributed by atoms with E-state index in [1.54, 1.807) is 12.3 Å². The summed E-state index contributed by atoms with van der Waals surface area (Å²) in [5, 5.41) is 21.0. The average Bonchev–Trinajstić information content (AvgIpc) is 2.38. The quantitative estimate of drug-likeness (QED) is 0.843. The SMILES string of the molecule is N#Cc1cc(C2(O)CC3CCCC(C2)S3)ccn1. The van der Waals surface area contributed by atoms with Crippen molar-refractivity contribution in [3.05, 3.63) is 29.6 Å². The maximum atomic E-state index is 10.9. The smallest absolute Gasteiger partial charge is 0.140 e. The van der Waals surface area contributed by atoms with Crippen LogP contribution in [-0.4, -0.2) is 20.6 Å². The van der Waals surface area contributed by atoms with Gasteiger partial charge in [0.2, 0.25) is 0 Å². The standard InChI is InChI=1S/C14H16N2OS/c15-9-11-6-10(4-5-16-11)14(17)7-12-2-1-3-13(8-14)18-12/h4-6,12-13,17H,1-3,7-8H2. The van der Waals surface area contributed by atoms with Crippen LogP contribution in [0.2, 0.25) is 0 Å². The number of aliphatic hydroxyl groups is 1. The number of pyridine rings is 1. The van der Waals surface area contributed by atoms with Crippen molar-refractivity contribution < 1.29 is 5.11 Å². The van der Waals surface area contributed by atoms with Crippen LogP contribution in [0.3, 0.4) is 0 Å². The van der Waals surface area contributed by atoms with Crippen LogP contribution < -0.4 is 0 Å². The first kappa shape index (κ1) is 12.0. The summed E-state index contributed by atoms with van der Waals surface area (Å²) in [6.45, 7) is 0. The van der Waals surface area contributed by atoms with Crippen molar-refractivity contribution in [1.29, 1.82) is 5.26 Å². The Labute approximate surface area is 111 Å². The lowest BCUT2D eigenvalue weighted by molar-refractivity contribution is 0.00803. The van der Waals surface area contributed by atoms with Crippen molar-refractivity contribution in [3.8, 4) is 6.07 Å². The zero-order valence-electron chi connectivity index (χ0n) is 10.2. The van der Waals surface area contributed by atoms with Gasteiger partial charge in [-0.1, -0.05) is 6.42 Å². The van der Waals surface area contributed by atoms with Gasteiger partial charge in [0.05, 0.1) is 5.60 Å². The van der Waals surface area contributed by atoms with Gasteiger partial charge in [0.1, 0.15) is 11.8 Å². The monoisotopic (exact) mass is 260 g/mol. The van der Waals surface area contributed by atoms with Crippen LogP contribution in [-0.2, 0) is 5.60 Å². The highest BCUT2D eigenvalue weighted by Gasteiger charge is 2.42. The van der Waals surface area contributed by atoms with Gasteiger partial charge in [-0.3, -0.25) is 0 Å². The van der Waals surface area contributed by atoms with Gasteiger partial charge in [-0.25, -0.2) is 4.98 Å². The van der Waals surface area contributed by atoms with E-state index in [4.69, 9.17) is 5.26 Å². The van der Waals surface area contributed by atoms with Crippen LogP contribution in [0.25, 0.3) is 0 Å². The van der Waals surface area contributed by atoms with Gasteiger partial charge in [-0.05, 0) is 43.4 Å². The van der Waals surface area contributed by atoms with Crippen molar-refractivity contribution in [2.24, 2.45) is 0 Å². The summed E-state index contributed by atoms with van der Waals surface area (Å²) >= 11 is 2.04. The second kappa shape index (κ2) is 4.56. The second-order valence-electron chi connectivity index (χ2n) is 5.29. The van der Waals surface area contributed by atoms with Gasteiger partial charge in [0, 0.05) is 16.7 Å². The second-order valence-corrected chi connectivity index (χ2v) is 6.90. The van der Waals surface area contributed by atoms with Crippen molar-refractivity contribution in [2.75, 3.05) is 0 Å². The zero-order valence-corrected chi connectivity index (χ0v) is 11.0. The van der Waals surface area contributed by atoms with Gasteiger partial charge in [-0.2, -0.15) is 17.0 Å². The van der Waals surface area contributed by atoms with E-state index >= 15 is 0 Å². The molecule has 0 amide bonds. The molecule has 2 atom stereocenters. The predicted molar refractivity (Wildman–Crippen MR) is 71.1 cm³/mol. The maximum Gasteiger partial charge on any atom is 0.140 e. The van der Waals surface area contributed by atoms with Crippen molar-refractivity contribution in [1.82, 2.24) is 4.98 Å². The van der Waals surface area contributed by atoms with Crippen LogP contribution in [0.5, 0.6) is 0 Å². The molecule has 18 heavy (non-hydrogen) atoms. The minimum Gasteiger partial charge on any atom is -0.385 e. The fourth-order valence-corrected chi connectivity index (χ4v) is 5.03. The topological polar surface area (TPSA) is 56.9 Å². The van der Waals surface area contributed by atoms with E-state index in [0.717, 1.165) is 18.4 Å². The van der Waals surface area contributed by atoms with Crippen LogP contribution >= 0.6 is 11.8 Å². The fraction of sp³-hybridized carbons (Fsp3) is 0.571. The number of aromatic nitrogens is 1. The van der Waals surface area contributed by atoms with Gasteiger partial charge >= 0.3 is 0 Å². The van der Waals surface area contributed by atoms with Crippen LogP contribution in [0.15, 0.2) is 18.3 Å². The number of hydrogen-bond acceptors (Lipinski definition) is 4. The Hall–Kier alpha value is -1.05. The number of nitriles is 1. The van der Waals surface area contributed by atoms with Gasteiger partial charge < -0.3 is 5.11 Å². The average molecular weight is 260 g/mol. The lowest BCUT2D eigenvalue weighted by Crippen LogP contribution is -2.40. The van der Waals surface area contributed by atoms with E-state index in [1.165, 1.54) is 19.3 Å².